The summed E-state index contributed by atoms with van der Waals surface area (Å²) < 4.78 is 0. The summed E-state index contributed by atoms with van der Waals surface area (Å²) in [6.07, 6.45) is 7.21. The van der Waals surface area contributed by atoms with Crippen LogP contribution in [0.5, 0.6) is 0 Å². The monoisotopic (exact) mass is 264 g/mol. The van der Waals surface area contributed by atoms with Crippen molar-refractivity contribution in [2.45, 2.75) is 58.9 Å². The molecule has 1 fully saturated rings. The molecule has 0 atom stereocenters. The number of H-pyrrole nitrogens is 1. The van der Waals surface area contributed by atoms with Crippen LogP contribution >= 0.6 is 0 Å². The van der Waals surface area contributed by atoms with Gasteiger partial charge in [0.25, 0.3) is 5.91 Å². The first-order valence-corrected chi connectivity index (χ1v) is 7.19. The van der Waals surface area contributed by atoms with Gasteiger partial charge in [-0.15, -0.1) is 0 Å². The Kier molecular flexibility index (Phi) is 4.22. The van der Waals surface area contributed by atoms with Gasteiger partial charge in [0.05, 0.1) is 6.20 Å². The minimum absolute atomic E-state index is 0.119. The summed E-state index contributed by atoms with van der Waals surface area (Å²) in [5, 5.41) is 13.0. The molecular weight excluding hydrogens is 240 g/mol. The Morgan fingerprint density at radius 3 is 2.63 bits per heavy atom. The van der Waals surface area contributed by atoms with Crippen LogP contribution in [0, 0.1) is 11.3 Å². The van der Waals surface area contributed by atoms with E-state index in [2.05, 4.69) is 41.5 Å². The second-order valence-corrected chi connectivity index (χ2v) is 6.22. The van der Waals surface area contributed by atoms with E-state index in [-0.39, 0.29) is 11.9 Å². The molecule has 0 saturated heterocycles. The second kappa shape index (κ2) is 5.72. The van der Waals surface area contributed by atoms with Gasteiger partial charge in [0.2, 0.25) is 0 Å². The standard InChI is InChI=1S/C14H24N4O/c1-4-14(2,3)10-5-7-11(8-6-10)16-13(19)12-9-15-18-17-12/h9-11H,4-8H2,1-3H3,(H,16,19)(H,15,17,18). The SMILES string of the molecule is CCC(C)(C)C1CCC(NC(=O)c2cn[nH]n2)CC1. The highest BCUT2D eigenvalue weighted by molar-refractivity contribution is 5.91. The van der Waals surface area contributed by atoms with Crippen molar-refractivity contribution in [3.8, 4) is 0 Å². The fourth-order valence-corrected chi connectivity index (χ4v) is 2.88. The number of nitrogens with one attached hydrogen (secondary N) is 2. The smallest absolute Gasteiger partial charge is 0.273 e. The van der Waals surface area contributed by atoms with Crippen molar-refractivity contribution in [1.82, 2.24) is 20.7 Å². The van der Waals surface area contributed by atoms with Gasteiger partial charge in [0.15, 0.2) is 5.69 Å². The van der Waals surface area contributed by atoms with Gasteiger partial charge < -0.3 is 5.32 Å². The number of amides is 1. The van der Waals surface area contributed by atoms with Crippen molar-refractivity contribution in [3.05, 3.63) is 11.9 Å². The van der Waals surface area contributed by atoms with Crippen LogP contribution in [0.2, 0.25) is 0 Å². The zero-order valence-corrected chi connectivity index (χ0v) is 12.1. The lowest BCUT2D eigenvalue weighted by Gasteiger charge is -2.39. The first-order valence-electron chi connectivity index (χ1n) is 7.19. The van der Waals surface area contributed by atoms with Crippen LogP contribution in [0.3, 0.4) is 0 Å². The lowest BCUT2D eigenvalue weighted by Crippen LogP contribution is -2.40. The molecule has 1 aromatic rings. The van der Waals surface area contributed by atoms with Crippen LogP contribution in [-0.4, -0.2) is 27.4 Å². The van der Waals surface area contributed by atoms with Crippen LogP contribution in [-0.2, 0) is 0 Å². The van der Waals surface area contributed by atoms with E-state index in [0.29, 0.717) is 11.1 Å². The quantitative estimate of drug-likeness (QED) is 0.878. The van der Waals surface area contributed by atoms with Crippen molar-refractivity contribution in [2.24, 2.45) is 11.3 Å². The Morgan fingerprint density at radius 2 is 2.11 bits per heavy atom. The summed E-state index contributed by atoms with van der Waals surface area (Å²) in [5.74, 6) is 0.657. The van der Waals surface area contributed by atoms with Gasteiger partial charge >= 0.3 is 0 Å². The third kappa shape index (κ3) is 3.33. The van der Waals surface area contributed by atoms with E-state index in [4.69, 9.17) is 0 Å². The number of carbonyl (C=O) groups excluding carboxylic acids is 1. The average Bonchev–Trinajstić information content (AvgIpc) is 2.93. The third-order valence-corrected chi connectivity index (χ3v) is 4.73. The molecule has 2 N–H and O–H groups in total. The normalized spacial score (nSPS) is 24.2. The molecule has 0 aliphatic heterocycles. The molecule has 0 bridgehead atoms. The van der Waals surface area contributed by atoms with Crippen LogP contribution in [0.15, 0.2) is 6.20 Å². The Hall–Kier alpha value is -1.39. The molecule has 1 saturated carbocycles. The largest absolute Gasteiger partial charge is 0.348 e. The van der Waals surface area contributed by atoms with E-state index in [1.165, 1.54) is 25.5 Å². The van der Waals surface area contributed by atoms with E-state index in [1.807, 2.05) is 0 Å². The Morgan fingerprint density at radius 1 is 1.42 bits per heavy atom. The molecular formula is C14H24N4O. The van der Waals surface area contributed by atoms with Crippen molar-refractivity contribution >= 4 is 5.91 Å². The predicted octanol–water partition coefficient (Wildman–Crippen LogP) is 2.53. The van der Waals surface area contributed by atoms with Gasteiger partial charge in [-0.1, -0.05) is 27.2 Å². The minimum atomic E-state index is -0.119. The third-order valence-electron chi connectivity index (χ3n) is 4.73. The van der Waals surface area contributed by atoms with Crippen molar-refractivity contribution in [1.29, 1.82) is 0 Å². The van der Waals surface area contributed by atoms with Gasteiger partial charge in [0, 0.05) is 6.04 Å². The van der Waals surface area contributed by atoms with Gasteiger partial charge in [-0.2, -0.15) is 15.4 Å². The molecule has 0 aromatic carbocycles. The van der Waals surface area contributed by atoms with Crippen molar-refractivity contribution in [2.75, 3.05) is 0 Å². The summed E-state index contributed by atoms with van der Waals surface area (Å²) in [5.41, 5.74) is 0.789. The molecule has 5 heteroatoms. The Balaban J connectivity index is 1.82. The second-order valence-electron chi connectivity index (χ2n) is 6.22. The Labute approximate surface area is 114 Å². The molecule has 0 spiro atoms. The maximum atomic E-state index is 11.9. The number of aromatic nitrogens is 3. The summed E-state index contributed by atoms with van der Waals surface area (Å²) in [7, 11) is 0. The molecule has 5 nitrogen and oxygen atoms in total. The highest BCUT2D eigenvalue weighted by Crippen LogP contribution is 2.40. The van der Waals surface area contributed by atoms with Gasteiger partial charge in [-0.05, 0) is 37.0 Å². The molecule has 0 unspecified atom stereocenters. The summed E-state index contributed by atoms with van der Waals surface area (Å²) in [6, 6.07) is 0.285. The van der Waals surface area contributed by atoms with Crippen molar-refractivity contribution < 1.29 is 4.79 Å². The van der Waals surface area contributed by atoms with Crippen molar-refractivity contribution in [3.63, 3.8) is 0 Å². The predicted molar refractivity (Wildman–Crippen MR) is 73.7 cm³/mol. The summed E-state index contributed by atoms with van der Waals surface area (Å²) in [4.78, 5) is 11.9. The number of carbonyl (C=O) groups is 1. The minimum Gasteiger partial charge on any atom is -0.348 e. The van der Waals surface area contributed by atoms with E-state index in [9.17, 15) is 4.79 Å². The number of nitrogens with zero attached hydrogens (tertiary/aromatic N) is 2. The van der Waals surface area contributed by atoms with Crippen LogP contribution < -0.4 is 5.32 Å². The molecule has 1 aromatic heterocycles. The van der Waals surface area contributed by atoms with E-state index >= 15 is 0 Å². The molecule has 1 aliphatic carbocycles. The molecule has 106 valence electrons. The lowest BCUT2D eigenvalue weighted by atomic mass is 9.69. The molecule has 19 heavy (non-hydrogen) atoms. The molecule has 2 rings (SSSR count). The van der Waals surface area contributed by atoms with Crippen LogP contribution in [0.1, 0.15) is 63.4 Å². The average molecular weight is 264 g/mol. The number of hydrogen-bond donors (Lipinski definition) is 2. The molecule has 1 aliphatic rings. The van der Waals surface area contributed by atoms with Gasteiger partial charge in [0.1, 0.15) is 0 Å². The van der Waals surface area contributed by atoms with Gasteiger partial charge in [-0.3, -0.25) is 4.79 Å². The Bertz CT molecular complexity index is 405. The highest BCUT2D eigenvalue weighted by Gasteiger charge is 2.32. The zero-order chi connectivity index (χ0) is 13.9. The van der Waals surface area contributed by atoms with E-state index in [0.717, 1.165) is 18.8 Å². The van der Waals surface area contributed by atoms with Gasteiger partial charge in [-0.25, -0.2) is 0 Å². The topological polar surface area (TPSA) is 70.7 Å². The lowest BCUT2D eigenvalue weighted by molar-refractivity contribution is 0.0888. The van der Waals surface area contributed by atoms with Crippen LogP contribution in [0.4, 0.5) is 0 Å². The molecule has 1 amide bonds. The number of rotatable bonds is 4. The fraction of sp³-hybridized carbons (Fsp3) is 0.786. The van der Waals surface area contributed by atoms with Crippen LogP contribution in [0.25, 0.3) is 0 Å². The maximum absolute atomic E-state index is 11.9. The fourth-order valence-electron chi connectivity index (χ4n) is 2.88. The highest BCUT2D eigenvalue weighted by atomic mass is 16.2. The molecule has 0 radical (unpaired) electrons. The van der Waals surface area contributed by atoms with E-state index in [1.54, 1.807) is 0 Å². The van der Waals surface area contributed by atoms with E-state index < -0.39 is 0 Å². The number of aromatic amines is 1. The first-order chi connectivity index (χ1) is 9.03. The number of hydrogen-bond acceptors (Lipinski definition) is 3. The summed E-state index contributed by atoms with van der Waals surface area (Å²) >= 11 is 0. The molecule has 1 heterocycles. The zero-order valence-electron chi connectivity index (χ0n) is 12.1. The summed E-state index contributed by atoms with van der Waals surface area (Å²) in [6.45, 7) is 6.97. The maximum Gasteiger partial charge on any atom is 0.273 e. The first kappa shape index (κ1) is 14.0.